The summed E-state index contributed by atoms with van der Waals surface area (Å²) in [5.74, 6) is -1.03. The van der Waals surface area contributed by atoms with Crippen molar-refractivity contribution in [2.75, 3.05) is 26.8 Å². The Morgan fingerprint density at radius 1 is 1.39 bits per heavy atom. The van der Waals surface area contributed by atoms with E-state index in [0.717, 1.165) is 4.31 Å². The largest absolute Gasteiger partial charge is 0.481 e. The van der Waals surface area contributed by atoms with Crippen LogP contribution in [0.1, 0.15) is 27.2 Å². The van der Waals surface area contributed by atoms with E-state index in [9.17, 15) is 13.2 Å². The summed E-state index contributed by atoms with van der Waals surface area (Å²) in [7, 11) is -2.24. The van der Waals surface area contributed by atoms with Crippen LogP contribution in [0, 0.1) is 0 Å². The number of carbonyl (C=O) groups is 1. The lowest BCUT2D eigenvalue weighted by Crippen LogP contribution is -2.51. The van der Waals surface area contributed by atoms with Gasteiger partial charge in [0.1, 0.15) is 0 Å². The minimum Gasteiger partial charge on any atom is -0.481 e. The van der Waals surface area contributed by atoms with Crippen LogP contribution in [0.2, 0.25) is 0 Å². The van der Waals surface area contributed by atoms with Gasteiger partial charge >= 0.3 is 5.97 Å². The predicted molar refractivity (Wildman–Crippen MR) is 67.5 cm³/mol. The SMILES string of the molecule is COCCNS(=O)(=O)N(CCC(=O)O)C(C)(C)C. The van der Waals surface area contributed by atoms with E-state index in [0.29, 0.717) is 0 Å². The molecule has 0 aromatic carbocycles. The minimum absolute atomic E-state index is 0.0683. The summed E-state index contributed by atoms with van der Waals surface area (Å²) in [6.45, 7) is 5.48. The number of carboxylic acid groups (broad SMARTS) is 1. The average Bonchev–Trinajstić information content (AvgIpc) is 2.14. The number of rotatable bonds is 8. The second-order valence-electron chi connectivity index (χ2n) is 4.78. The number of nitrogens with zero attached hydrogens (tertiary/aromatic N) is 1. The van der Waals surface area contributed by atoms with E-state index in [4.69, 9.17) is 9.84 Å². The van der Waals surface area contributed by atoms with Gasteiger partial charge in [0.25, 0.3) is 10.2 Å². The minimum atomic E-state index is -3.71. The second kappa shape index (κ2) is 7.03. The average molecular weight is 282 g/mol. The van der Waals surface area contributed by atoms with E-state index in [2.05, 4.69) is 4.72 Å². The number of aliphatic carboxylic acids is 1. The maximum atomic E-state index is 12.0. The molecule has 0 aromatic rings. The molecule has 18 heavy (non-hydrogen) atoms. The molecule has 0 saturated heterocycles. The first-order valence-corrected chi connectivity index (χ1v) is 7.03. The van der Waals surface area contributed by atoms with Crippen molar-refractivity contribution in [3.63, 3.8) is 0 Å². The molecule has 0 aliphatic rings. The number of ether oxygens (including phenoxy) is 1. The summed E-state index contributed by atoms with van der Waals surface area (Å²) in [5.41, 5.74) is -0.686. The monoisotopic (exact) mass is 282 g/mol. The van der Waals surface area contributed by atoms with E-state index < -0.39 is 21.7 Å². The Hall–Kier alpha value is -0.700. The zero-order valence-corrected chi connectivity index (χ0v) is 12.1. The van der Waals surface area contributed by atoms with Gasteiger partial charge < -0.3 is 9.84 Å². The highest BCUT2D eigenvalue weighted by Crippen LogP contribution is 2.17. The molecule has 0 rings (SSSR count). The van der Waals surface area contributed by atoms with Gasteiger partial charge in [-0.25, -0.2) is 0 Å². The zero-order chi connectivity index (χ0) is 14.4. The number of hydrogen-bond acceptors (Lipinski definition) is 4. The molecule has 0 radical (unpaired) electrons. The van der Waals surface area contributed by atoms with Crippen LogP contribution in [0.4, 0.5) is 0 Å². The molecule has 0 spiro atoms. The van der Waals surface area contributed by atoms with Gasteiger partial charge in [0.15, 0.2) is 0 Å². The van der Waals surface area contributed by atoms with Crippen LogP contribution in [0.25, 0.3) is 0 Å². The molecule has 108 valence electrons. The van der Waals surface area contributed by atoms with Crippen molar-refractivity contribution >= 4 is 16.2 Å². The van der Waals surface area contributed by atoms with Gasteiger partial charge in [0, 0.05) is 25.7 Å². The molecule has 0 aromatic heterocycles. The molecule has 7 nitrogen and oxygen atoms in total. The second-order valence-corrected chi connectivity index (χ2v) is 6.46. The molecular formula is C10H22N2O5S. The highest BCUT2D eigenvalue weighted by Gasteiger charge is 2.32. The number of nitrogens with one attached hydrogen (secondary N) is 1. The van der Waals surface area contributed by atoms with Crippen LogP contribution >= 0.6 is 0 Å². The van der Waals surface area contributed by atoms with E-state index in [1.807, 2.05) is 0 Å². The van der Waals surface area contributed by atoms with Crippen molar-refractivity contribution in [1.29, 1.82) is 0 Å². The molecule has 0 unspecified atom stereocenters. The molecule has 0 fully saturated rings. The van der Waals surface area contributed by atoms with E-state index in [1.54, 1.807) is 20.8 Å². The highest BCUT2D eigenvalue weighted by molar-refractivity contribution is 7.87. The van der Waals surface area contributed by atoms with Gasteiger partial charge in [-0.05, 0) is 20.8 Å². The molecule has 2 N–H and O–H groups in total. The van der Waals surface area contributed by atoms with E-state index in [1.165, 1.54) is 7.11 Å². The van der Waals surface area contributed by atoms with Crippen molar-refractivity contribution in [2.24, 2.45) is 0 Å². The quantitative estimate of drug-likeness (QED) is 0.613. The standard InChI is InChI=1S/C10H22N2O5S/c1-10(2,3)12(7-5-9(13)14)18(15,16)11-6-8-17-4/h11H,5-8H2,1-4H3,(H,13,14). The van der Waals surface area contributed by atoms with Gasteiger partial charge in [-0.15, -0.1) is 0 Å². The summed E-state index contributed by atoms with van der Waals surface area (Å²) >= 11 is 0. The normalized spacial score (nSPS) is 12.9. The van der Waals surface area contributed by atoms with E-state index in [-0.39, 0.29) is 26.1 Å². The third-order valence-electron chi connectivity index (χ3n) is 2.16. The fourth-order valence-corrected chi connectivity index (χ4v) is 2.91. The lowest BCUT2D eigenvalue weighted by atomic mass is 10.1. The topological polar surface area (TPSA) is 95.9 Å². The van der Waals surface area contributed by atoms with E-state index >= 15 is 0 Å². The summed E-state index contributed by atoms with van der Waals surface area (Å²) in [6.07, 6.45) is -0.234. The van der Waals surface area contributed by atoms with Gasteiger partial charge in [-0.2, -0.15) is 17.4 Å². The Bertz CT molecular complexity index is 361. The molecular weight excluding hydrogens is 260 g/mol. The van der Waals surface area contributed by atoms with Crippen LogP contribution in [0.3, 0.4) is 0 Å². The molecule has 0 atom stereocenters. The lowest BCUT2D eigenvalue weighted by Gasteiger charge is -2.34. The fraction of sp³-hybridized carbons (Fsp3) is 0.900. The molecule has 0 aliphatic carbocycles. The summed E-state index contributed by atoms with van der Waals surface area (Å²) < 4.78 is 32.3. The zero-order valence-electron chi connectivity index (χ0n) is 11.3. The first-order chi connectivity index (χ1) is 8.11. The van der Waals surface area contributed by atoms with Crippen LogP contribution in [-0.4, -0.2) is 56.1 Å². The smallest absolute Gasteiger partial charge is 0.304 e. The molecule has 0 heterocycles. The summed E-state index contributed by atoms with van der Waals surface area (Å²) in [4.78, 5) is 10.6. The highest BCUT2D eigenvalue weighted by atomic mass is 32.2. The van der Waals surface area contributed by atoms with Crippen LogP contribution < -0.4 is 4.72 Å². The van der Waals surface area contributed by atoms with Crippen molar-refractivity contribution in [3.8, 4) is 0 Å². The van der Waals surface area contributed by atoms with Crippen molar-refractivity contribution in [3.05, 3.63) is 0 Å². The van der Waals surface area contributed by atoms with Gasteiger partial charge in [0.05, 0.1) is 13.0 Å². The molecule has 0 amide bonds. The van der Waals surface area contributed by atoms with Crippen molar-refractivity contribution < 1.29 is 23.1 Å². The molecule has 0 saturated carbocycles. The van der Waals surface area contributed by atoms with Crippen LogP contribution in [0.5, 0.6) is 0 Å². The Morgan fingerprint density at radius 3 is 2.33 bits per heavy atom. The van der Waals surface area contributed by atoms with Gasteiger partial charge in [-0.1, -0.05) is 0 Å². The maximum absolute atomic E-state index is 12.0. The Labute approximate surface area is 108 Å². The Balaban J connectivity index is 4.78. The molecule has 8 heteroatoms. The number of carboxylic acids is 1. The first-order valence-electron chi connectivity index (χ1n) is 5.59. The number of methoxy groups -OCH3 is 1. The third kappa shape index (κ3) is 6.29. The first kappa shape index (κ1) is 17.3. The Kier molecular flexibility index (Phi) is 6.76. The van der Waals surface area contributed by atoms with Crippen LogP contribution in [-0.2, 0) is 19.7 Å². The van der Waals surface area contributed by atoms with Crippen molar-refractivity contribution in [1.82, 2.24) is 9.03 Å². The maximum Gasteiger partial charge on any atom is 0.304 e. The Morgan fingerprint density at radius 2 is 1.94 bits per heavy atom. The van der Waals surface area contributed by atoms with Crippen LogP contribution in [0.15, 0.2) is 0 Å². The van der Waals surface area contributed by atoms with Gasteiger partial charge in [-0.3, -0.25) is 4.79 Å². The summed E-state index contributed by atoms with van der Waals surface area (Å²) in [6, 6.07) is 0. The molecule has 0 bridgehead atoms. The predicted octanol–water partition coefficient (Wildman–Crippen LogP) is 0.0424. The lowest BCUT2D eigenvalue weighted by molar-refractivity contribution is -0.137. The van der Waals surface area contributed by atoms with Gasteiger partial charge in [0.2, 0.25) is 0 Å². The summed E-state index contributed by atoms with van der Waals surface area (Å²) in [5, 5.41) is 8.65. The molecule has 0 aliphatic heterocycles. The number of hydrogen-bond donors (Lipinski definition) is 2. The van der Waals surface area contributed by atoms with Crippen molar-refractivity contribution in [2.45, 2.75) is 32.7 Å². The fourth-order valence-electron chi connectivity index (χ4n) is 1.36. The third-order valence-corrected chi connectivity index (χ3v) is 4.04.